The molecule has 7 nitrogen and oxygen atoms in total. The highest BCUT2D eigenvalue weighted by Gasteiger charge is 2.39. The number of carbonyl (C=O) groups excluding carboxylic acids is 1. The Bertz CT molecular complexity index is 1180. The number of nitrogens with zero attached hydrogens (tertiary/aromatic N) is 4. The Balaban J connectivity index is 1.64. The lowest BCUT2D eigenvalue weighted by Gasteiger charge is -2.30. The van der Waals surface area contributed by atoms with Gasteiger partial charge in [-0.25, -0.2) is 9.37 Å². The molecule has 0 bridgehead atoms. The minimum absolute atomic E-state index is 0.0725. The Kier molecular flexibility index (Phi) is 4.63. The van der Waals surface area contributed by atoms with Crippen LogP contribution in [0.4, 0.5) is 4.39 Å². The van der Waals surface area contributed by atoms with Gasteiger partial charge in [-0.15, -0.1) is 0 Å². The van der Waals surface area contributed by atoms with Crippen LogP contribution >= 0.6 is 0 Å². The van der Waals surface area contributed by atoms with E-state index in [9.17, 15) is 14.4 Å². The fourth-order valence-electron chi connectivity index (χ4n) is 4.34. The highest BCUT2D eigenvalue weighted by atomic mass is 19.1. The van der Waals surface area contributed by atoms with Gasteiger partial charge in [-0.3, -0.25) is 9.78 Å². The summed E-state index contributed by atoms with van der Waals surface area (Å²) in [6.07, 6.45) is 2.93. The highest BCUT2D eigenvalue weighted by molar-refractivity contribution is 6.03. The Hall–Kier alpha value is -3.05. The molecule has 3 heterocycles. The second-order valence-electron chi connectivity index (χ2n) is 8.20. The summed E-state index contributed by atoms with van der Waals surface area (Å²) in [5.41, 5.74) is 2.90. The van der Waals surface area contributed by atoms with Crippen LogP contribution in [0.5, 0.6) is 0 Å². The summed E-state index contributed by atoms with van der Waals surface area (Å²) in [5.74, 6) is 0.404. The van der Waals surface area contributed by atoms with Crippen molar-refractivity contribution < 1.29 is 13.9 Å². The molecule has 1 aliphatic heterocycles. The van der Waals surface area contributed by atoms with Crippen molar-refractivity contribution in [3.63, 3.8) is 0 Å². The number of fused-ring (bicyclic) bond motifs is 3. The molecule has 1 N–H and O–H groups in total. The fourth-order valence-corrected chi connectivity index (χ4v) is 4.34. The number of nitrogens with one attached hydrogen (secondary N) is 1. The highest BCUT2D eigenvalue weighted by Crippen LogP contribution is 2.34. The molecule has 2 aromatic heterocycles. The Labute approximate surface area is 172 Å². The topological polar surface area (TPSA) is 92.8 Å². The SMILES string of the molecule is C[C@@H]1C[C@H](n2c(CC(=O)N[C@@H]3C[C@@H]3F)nc3cnc4ccc(C#N)cc4c32)CCO1. The number of benzene rings is 1. The van der Waals surface area contributed by atoms with Crippen LogP contribution in [0.1, 0.15) is 43.6 Å². The van der Waals surface area contributed by atoms with Crippen LogP contribution in [-0.4, -0.2) is 45.4 Å². The van der Waals surface area contributed by atoms with Crippen LogP contribution < -0.4 is 5.32 Å². The molecule has 2 fully saturated rings. The standard InChI is InChI=1S/C22H22FN5O2/c1-12-6-14(4-5-30-12)28-20(9-21(29)27-18-8-16(18)23)26-19-11-25-17-3-2-13(10-24)7-15(17)22(19)28/h2-3,7,11-12,14,16,18H,4-6,8-9H2,1H3,(H,27,29)/t12-,14-,16+,18-/m1/s1. The number of aromatic nitrogens is 3. The summed E-state index contributed by atoms with van der Waals surface area (Å²) in [5, 5.41) is 12.9. The van der Waals surface area contributed by atoms with Gasteiger partial charge in [0.05, 0.1) is 47.4 Å². The van der Waals surface area contributed by atoms with Crippen molar-refractivity contribution in [2.45, 2.75) is 57.0 Å². The first kappa shape index (κ1) is 18.9. The van der Waals surface area contributed by atoms with Crippen LogP contribution in [0.2, 0.25) is 0 Å². The zero-order valence-electron chi connectivity index (χ0n) is 16.6. The molecule has 4 atom stereocenters. The fraction of sp³-hybridized carbons (Fsp3) is 0.455. The largest absolute Gasteiger partial charge is 0.378 e. The van der Waals surface area contributed by atoms with E-state index < -0.39 is 6.17 Å². The molecule has 2 aliphatic rings. The van der Waals surface area contributed by atoms with Crippen LogP contribution in [0.25, 0.3) is 21.9 Å². The minimum atomic E-state index is -0.943. The molecule has 0 spiro atoms. The van der Waals surface area contributed by atoms with Crippen LogP contribution in [0.15, 0.2) is 24.4 Å². The number of imidazole rings is 1. The molecule has 0 radical (unpaired) electrons. The van der Waals surface area contributed by atoms with Gasteiger partial charge in [-0.2, -0.15) is 5.26 Å². The monoisotopic (exact) mass is 407 g/mol. The average molecular weight is 407 g/mol. The van der Waals surface area contributed by atoms with E-state index in [2.05, 4.69) is 20.9 Å². The number of pyridine rings is 1. The van der Waals surface area contributed by atoms with Crippen molar-refractivity contribution in [1.29, 1.82) is 5.26 Å². The lowest BCUT2D eigenvalue weighted by Crippen LogP contribution is -2.31. The normalized spacial score (nSPS) is 25.9. The predicted octanol–water partition coefficient (Wildman–Crippen LogP) is 2.97. The number of nitriles is 1. The zero-order chi connectivity index (χ0) is 20.8. The molecule has 3 aromatic rings. The van der Waals surface area contributed by atoms with E-state index in [4.69, 9.17) is 9.72 Å². The lowest BCUT2D eigenvalue weighted by atomic mass is 10.0. The van der Waals surface area contributed by atoms with Crippen LogP contribution in [0, 0.1) is 11.3 Å². The van der Waals surface area contributed by atoms with Crippen molar-refractivity contribution >= 4 is 27.8 Å². The van der Waals surface area contributed by atoms with E-state index in [-0.39, 0.29) is 30.5 Å². The lowest BCUT2D eigenvalue weighted by molar-refractivity contribution is -0.120. The number of rotatable bonds is 4. The van der Waals surface area contributed by atoms with Crippen LogP contribution in [0.3, 0.4) is 0 Å². The van der Waals surface area contributed by atoms with Gasteiger partial charge in [0.25, 0.3) is 0 Å². The molecule has 154 valence electrons. The van der Waals surface area contributed by atoms with E-state index in [1.807, 2.05) is 19.1 Å². The van der Waals surface area contributed by atoms with Gasteiger partial charge in [0, 0.05) is 24.5 Å². The molecule has 1 amide bonds. The van der Waals surface area contributed by atoms with Gasteiger partial charge < -0.3 is 14.6 Å². The van der Waals surface area contributed by atoms with E-state index in [0.717, 1.165) is 29.3 Å². The van der Waals surface area contributed by atoms with Crippen LogP contribution in [-0.2, 0) is 16.0 Å². The Morgan fingerprint density at radius 1 is 1.40 bits per heavy atom. The summed E-state index contributed by atoms with van der Waals surface area (Å²) < 4.78 is 21.1. The smallest absolute Gasteiger partial charge is 0.227 e. The van der Waals surface area contributed by atoms with Gasteiger partial charge >= 0.3 is 0 Å². The van der Waals surface area contributed by atoms with Crippen molar-refractivity contribution in [3.8, 4) is 6.07 Å². The molecule has 1 saturated heterocycles. The van der Waals surface area contributed by atoms with Crippen molar-refractivity contribution in [1.82, 2.24) is 19.9 Å². The predicted molar refractivity (Wildman–Crippen MR) is 109 cm³/mol. The van der Waals surface area contributed by atoms with Gasteiger partial charge in [0.2, 0.25) is 5.91 Å². The second-order valence-corrected chi connectivity index (χ2v) is 8.20. The van der Waals surface area contributed by atoms with E-state index in [1.54, 1.807) is 12.3 Å². The molecule has 30 heavy (non-hydrogen) atoms. The van der Waals surface area contributed by atoms with Crippen molar-refractivity contribution in [2.24, 2.45) is 0 Å². The minimum Gasteiger partial charge on any atom is -0.378 e. The molecular weight excluding hydrogens is 385 g/mol. The number of amides is 1. The molecule has 1 aliphatic carbocycles. The number of hydrogen-bond acceptors (Lipinski definition) is 5. The second kappa shape index (κ2) is 7.33. The maximum absolute atomic E-state index is 13.2. The van der Waals surface area contributed by atoms with Gasteiger partial charge in [-0.05, 0) is 38.0 Å². The van der Waals surface area contributed by atoms with Crippen molar-refractivity contribution in [3.05, 3.63) is 35.8 Å². The first-order chi connectivity index (χ1) is 14.5. The molecule has 1 saturated carbocycles. The zero-order valence-corrected chi connectivity index (χ0v) is 16.6. The third-order valence-electron chi connectivity index (χ3n) is 5.92. The number of hydrogen-bond donors (Lipinski definition) is 1. The molecule has 1 aromatic carbocycles. The number of halogens is 1. The van der Waals surface area contributed by atoms with Gasteiger partial charge in [0.1, 0.15) is 17.5 Å². The summed E-state index contributed by atoms with van der Waals surface area (Å²) in [4.78, 5) is 21.7. The first-order valence-corrected chi connectivity index (χ1v) is 10.3. The van der Waals surface area contributed by atoms with Crippen molar-refractivity contribution in [2.75, 3.05) is 6.61 Å². The number of ether oxygens (including phenoxy) is 1. The maximum Gasteiger partial charge on any atom is 0.227 e. The molecule has 8 heteroatoms. The Morgan fingerprint density at radius 2 is 2.23 bits per heavy atom. The van der Waals surface area contributed by atoms with E-state index >= 15 is 0 Å². The maximum atomic E-state index is 13.2. The molecule has 0 unspecified atom stereocenters. The number of alkyl halides is 1. The third-order valence-corrected chi connectivity index (χ3v) is 5.92. The van der Waals surface area contributed by atoms with E-state index in [0.29, 0.717) is 29.9 Å². The third kappa shape index (κ3) is 3.39. The summed E-state index contributed by atoms with van der Waals surface area (Å²) in [7, 11) is 0. The average Bonchev–Trinajstić information content (AvgIpc) is 3.29. The van der Waals surface area contributed by atoms with Gasteiger partial charge in [0.15, 0.2) is 0 Å². The quantitative estimate of drug-likeness (QED) is 0.718. The Morgan fingerprint density at radius 3 is 2.97 bits per heavy atom. The summed E-state index contributed by atoms with van der Waals surface area (Å²) >= 11 is 0. The summed E-state index contributed by atoms with van der Waals surface area (Å²) in [6.45, 7) is 2.68. The molecular formula is C22H22FN5O2. The van der Waals surface area contributed by atoms with E-state index in [1.165, 1.54) is 0 Å². The molecule has 5 rings (SSSR count). The summed E-state index contributed by atoms with van der Waals surface area (Å²) in [6, 6.07) is 7.33. The van der Waals surface area contributed by atoms with Gasteiger partial charge in [-0.1, -0.05) is 0 Å². The first-order valence-electron chi connectivity index (χ1n) is 10.3. The number of carbonyl (C=O) groups is 1.